The van der Waals surface area contributed by atoms with Gasteiger partial charge in [0.2, 0.25) is 0 Å². The molecule has 0 unspecified atom stereocenters. The molecule has 3 nitrogen and oxygen atoms in total. The molecule has 3 rings (SSSR count). The van der Waals surface area contributed by atoms with E-state index in [0.717, 1.165) is 28.1 Å². The molecule has 2 heterocycles. The number of para-hydroxylation sites is 1. The normalized spacial score (nSPS) is 15.7. The summed E-state index contributed by atoms with van der Waals surface area (Å²) in [5.41, 5.74) is 5.40. The van der Waals surface area contributed by atoms with Crippen molar-refractivity contribution in [2.24, 2.45) is 0 Å². The predicted octanol–water partition coefficient (Wildman–Crippen LogP) is 3.78. The molecule has 0 saturated heterocycles. The van der Waals surface area contributed by atoms with Gasteiger partial charge in [0.25, 0.3) is 5.91 Å². The summed E-state index contributed by atoms with van der Waals surface area (Å²) in [5.74, 6) is -0.0797. The number of carbonyl (C=O) groups excluding carboxylic acids is 1. The summed E-state index contributed by atoms with van der Waals surface area (Å²) in [5, 5.41) is 3.48. The second kappa shape index (κ2) is 4.28. The molecule has 0 fully saturated rings. The summed E-state index contributed by atoms with van der Waals surface area (Å²) >= 11 is 6.07. The Morgan fingerprint density at radius 1 is 1.16 bits per heavy atom. The van der Waals surface area contributed by atoms with E-state index < -0.39 is 0 Å². The molecule has 2 N–H and O–H groups in total. The molecular weight excluding hydrogens is 260 g/mol. The number of rotatable bonds is 1. The minimum Gasteiger partial charge on any atom is -0.346 e. The standard InChI is InChI=1S/C15H13ClN2O/c1-8-9(2)14(16)17-13(8)7-11-10-5-3-4-6-12(10)18-15(11)19/h3-7,17H,1-2H3,(H,18,19)/b11-7-. The van der Waals surface area contributed by atoms with Gasteiger partial charge in [0.05, 0.1) is 5.57 Å². The summed E-state index contributed by atoms with van der Waals surface area (Å²) in [6, 6.07) is 7.66. The molecule has 0 atom stereocenters. The van der Waals surface area contributed by atoms with Crippen LogP contribution in [0.15, 0.2) is 24.3 Å². The molecule has 1 aromatic carbocycles. The first-order valence-electron chi connectivity index (χ1n) is 6.05. The third kappa shape index (κ3) is 1.87. The lowest BCUT2D eigenvalue weighted by atomic mass is 10.0. The molecule has 0 saturated carbocycles. The Kier molecular flexibility index (Phi) is 2.72. The van der Waals surface area contributed by atoms with Gasteiger partial charge in [0.15, 0.2) is 0 Å². The lowest BCUT2D eigenvalue weighted by Gasteiger charge is -1.98. The van der Waals surface area contributed by atoms with Gasteiger partial charge in [-0.05, 0) is 37.1 Å². The maximum atomic E-state index is 12.0. The zero-order valence-corrected chi connectivity index (χ0v) is 11.4. The summed E-state index contributed by atoms with van der Waals surface area (Å²) < 4.78 is 0. The third-order valence-electron chi connectivity index (χ3n) is 3.54. The highest BCUT2D eigenvalue weighted by atomic mass is 35.5. The maximum absolute atomic E-state index is 12.0. The molecule has 4 heteroatoms. The molecule has 1 amide bonds. The van der Waals surface area contributed by atoms with Crippen LogP contribution < -0.4 is 5.32 Å². The number of halogens is 1. The van der Waals surface area contributed by atoms with Crippen molar-refractivity contribution in [1.29, 1.82) is 0 Å². The van der Waals surface area contributed by atoms with Gasteiger partial charge in [0, 0.05) is 16.9 Å². The minimum absolute atomic E-state index is 0.0797. The number of amides is 1. The van der Waals surface area contributed by atoms with Crippen LogP contribution in [0.4, 0.5) is 5.69 Å². The van der Waals surface area contributed by atoms with Gasteiger partial charge < -0.3 is 10.3 Å². The highest BCUT2D eigenvalue weighted by Crippen LogP contribution is 2.33. The van der Waals surface area contributed by atoms with E-state index in [1.54, 1.807) is 0 Å². The lowest BCUT2D eigenvalue weighted by Crippen LogP contribution is -2.03. The van der Waals surface area contributed by atoms with Crippen molar-refractivity contribution >= 4 is 34.8 Å². The van der Waals surface area contributed by atoms with Gasteiger partial charge in [-0.3, -0.25) is 4.79 Å². The number of carbonyl (C=O) groups is 1. The quantitative estimate of drug-likeness (QED) is 0.763. The Morgan fingerprint density at radius 2 is 1.89 bits per heavy atom. The van der Waals surface area contributed by atoms with Crippen LogP contribution >= 0.6 is 11.6 Å². The van der Waals surface area contributed by atoms with Crippen molar-refractivity contribution in [2.45, 2.75) is 13.8 Å². The minimum atomic E-state index is -0.0797. The smallest absolute Gasteiger partial charge is 0.256 e. The first-order valence-corrected chi connectivity index (χ1v) is 6.43. The monoisotopic (exact) mass is 272 g/mol. The number of aromatic amines is 1. The topological polar surface area (TPSA) is 44.9 Å². The van der Waals surface area contributed by atoms with Crippen LogP contribution in [-0.4, -0.2) is 10.9 Å². The number of fused-ring (bicyclic) bond motifs is 1. The average Bonchev–Trinajstić information content (AvgIpc) is 2.83. The van der Waals surface area contributed by atoms with Crippen molar-refractivity contribution < 1.29 is 4.79 Å². The van der Waals surface area contributed by atoms with Crippen LogP contribution in [0, 0.1) is 13.8 Å². The van der Waals surface area contributed by atoms with Crippen LogP contribution in [0.25, 0.3) is 11.6 Å². The van der Waals surface area contributed by atoms with E-state index in [2.05, 4.69) is 10.3 Å². The Labute approximate surface area is 116 Å². The molecule has 1 aromatic heterocycles. The van der Waals surface area contributed by atoms with E-state index in [-0.39, 0.29) is 5.91 Å². The Bertz CT molecular complexity index is 713. The number of benzene rings is 1. The van der Waals surface area contributed by atoms with Crippen molar-refractivity contribution in [3.8, 4) is 0 Å². The fourth-order valence-corrected chi connectivity index (χ4v) is 2.49. The Hall–Kier alpha value is -2.00. The summed E-state index contributed by atoms with van der Waals surface area (Å²) in [7, 11) is 0. The van der Waals surface area contributed by atoms with Gasteiger partial charge >= 0.3 is 0 Å². The number of hydrogen-bond donors (Lipinski definition) is 2. The van der Waals surface area contributed by atoms with Crippen LogP contribution in [0.1, 0.15) is 22.4 Å². The molecule has 0 bridgehead atoms. The number of hydrogen-bond acceptors (Lipinski definition) is 1. The van der Waals surface area contributed by atoms with Crippen molar-refractivity contribution in [3.63, 3.8) is 0 Å². The summed E-state index contributed by atoms with van der Waals surface area (Å²) in [6.45, 7) is 3.95. The number of H-pyrrole nitrogens is 1. The number of anilines is 1. The van der Waals surface area contributed by atoms with Gasteiger partial charge in [-0.15, -0.1) is 0 Å². The van der Waals surface area contributed by atoms with E-state index in [1.807, 2.05) is 44.2 Å². The van der Waals surface area contributed by atoms with Crippen LogP contribution in [0.2, 0.25) is 5.15 Å². The first kappa shape index (κ1) is 12.1. The SMILES string of the molecule is Cc1c(Cl)[nH]c(/C=C2\C(=O)Nc3ccccc32)c1C. The first-order chi connectivity index (χ1) is 9.08. The average molecular weight is 273 g/mol. The molecule has 2 aromatic rings. The molecule has 0 spiro atoms. The molecular formula is C15H13ClN2O. The fourth-order valence-electron chi connectivity index (χ4n) is 2.24. The number of aromatic nitrogens is 1. The zero-order valence-electron chi connectivity index (χ0n) is 10.7. The Balaban J connectivity index is 2.14. The summed E-state index contributed by atoms with van der Waals surface area (Å²) in [6.07, 6.45) is 1.86. The Morgan fingerprint density at radius 3 is 2.58 bits per heavy atom. The van der Waals surface area contributed by atoms with E-state index in [4.69, 9.17) is 11.6 Å². The van der Waals surface area contributed by atoms with Gasteiger partial charge in [0.1, 0.15) is 5.15 Å². The predicted molar refractivity (Wildman–Crippen MR) is 78.2 cm³/mol. The second-order valence-electron chi connectivity index (χ2n) is 4.66. The molecule has 1 aliphatic heterocycles. The van der Waals surface area contributed by atoms with Crippen molar-refractivity contribution in [1.82, 2.24) is 4.98 Å². The summed E-state index contributed by atoms with van der Waals surface area (Å²) in [4.78, 5) is 15.1. The molecule has 1 aliphatic rings. The zero-order chi connectivity index (χ0) is 13.6. The molecule has 96 valence electrons. The highest BCUT2D eigenvalue weighted by Gasteiger charge is 2.24. The lowest BCUT2D eigenvalue weighted by molar-refractivity contribution is -0.110. The molecule has 0 aliphatic carbocycles. The number of nitrogens with one attached hydrogen (secondary N) is 2. The van der Waals surface area contributed by atoms with E-state index >= 15 is 0 Å². The largest absolute Gasteiger partial charge is 0.346 e. The van der Waals surface area contributed by atoms with E-state index in [9.17, 15) is 4.79 Å². The second-order valence-corrected chi connectivity index (χ2v) is 5.04. The highest BCUT2D eigenvalue weighted by molar-refractivity contribution is 6.35. The van der Waals surface area contributed by atoms with Gasteiger partial charge in [-0.25, -0.2) is 0 Å². The van der Waals surface area contributed by atoms with Crippen LogP contribution in [0.3, 0.4) is 0 Å². The van der Waals surface area contributed by atoms with Crippen molar-refractivity contribution in [2.75, 3.05) is 5.32 Å². The van der Waals surface area contributed by atoms with Crippen molar-refractivity contribution in [3.05, 3.63) is 51.8 Å². The van der Waals surface area contributed by atoms with Gasteiger partial charge in [-0.1, -0.05) is 29.8 Å². The third-order valence-corrected chi connectivity index (χ3v) is 3.92. The van der Waals surface area contributed by atoms with Gasteiger partial charge in [-0.2, -0.15) is 0 Å². The fraction of sp³-hybridized carbons (Fsp3) is 0.133. The maximum Gasteiger partial charge on any atom is 0.256 e. The molecule has 19 heavy (non-hydrogen) atoms. The van der Waals surface area contributed by atoms with Crippen LogP contribution in [-0.2, 0) is 4.79 Å². The molecule has 0 radical (unpaired) electrons. The van der Waals surface area contributed by atoms with Crippen LogP contribution in [0.5, 0.6) is 0 Å². The van der Waals surface area contributed by atoms with E-state index in [0.29, 0.717) is 10.7 Å². The van der Waals surface area contributed by atoms with E-state index in [1.165, 1.54) is 0 Å².